The summed E-state index contributed by atoms with van der Waals surface area (Å²) in [5.74, 6) is 0. The number of hydrogen-bond donors (Lipinski definition) is 0. The van der Waals surface area contributed by atoms with E-state index in [-0.39, 0.29) is 24.8 Å². The molecule has 0 radical (unpaired) electrons. The summed E-state index contributed by atoms with van der Waals surface area (Å²) in [5, 5.41) is 0. The second-order valence-corrected chi connectivity index (χ2v) is 4.95. The van der Waals surface area contributed by atoms with Crippen LogP contribution in [0.4, 0.5) is 5.69 Å². The molecule has 1 heterocycles. The predicted octanol–water partition coefficient (Wildman–Crippen LogP) is 4.48. The highest BCUT2D eigenvalue weighted by Crippen LogP contribution is 2.22. The lowest BCUT2D eigenvalue weighted by Gasteiger charge is -2.18. The predicted molar refractivity (Wildman–Crippen MR) is 101 cm³/mol. The second kappa shape index (κ2) is 8.62. The zero-order valence-electron chi connectivity index (χ0n) is 12.5. The Bertz CT molecular complexity index is 651. The van der Waals surface area contributed by atoms with E-state index in [4.69, 9.17) is 4.99 Å². The average molecular weight is 335 g/mol. The van der Waals surface area contributed by atoms with Crippen LogP contribution < -0.4 is 4.90 Å². The number of nitrogens with zero attached hydrogens (tertiary/aromatic N) is 2. The van der Waals surface area contributed by atoms with E-state index in [0.29, 0.717) is 0 Å². The maximum atomic E-state index is 4.72. The fraction of sp³-hybridized carbons (Fsp3) is 0.167. The Labute approximate surface area is 144 Å². The Balaban J connectivity index is 0.00000121. The van der Waals surface area contributed by atoms with Crippen LogP contribution in [-0.4, -0.2) is 25.8 Å². The molecule has 1 aliphatic heterocycles. The molecule has 0 saturated carbocycles. The fourth-order valence-corrected chi connectivity index (χ4v) is 2.43. The van der Waals surface area contributed by atoms with Crippen molar-refractivity contribution < 1.29 is 0 Å². The van der Waals surface area contributed by atoms with Crippen molar-refractivity contribution in [2.75, 3.05) is 25.0 Å². The molecule has 116 valence electrons. The molecule has 3 rings (SSSR count). The minimum atomic E-state index is 0. The Morgan fingerprint density at radius 3 is 2.36 bits per heavy atom. The third-order valence-corrected chi connectivity index (χ3v) is 3.54. The number of aliphatic imine (C=N–C) groups is 1. The van der Waals surface area contributed by atoms with Gasteiger partial charge in [0.15, 0.2) is 0 Å². The minimum Gasteiger partial charge on any atom is -0.372 e. The van der Waals surface area contributed by atoms with Crippen LogP contribution in [0.15, 0.2) is 65.7 Å². The van der Waals surface area contributed by atoms with Crippen molar-refractivity contribution in [3.8, 4) is 0 Å². The highest BCUT2D eigenvalue weighted by molar-refractivity contribution is 6.14. The fourth-order valence-electron chi connectivity index (χ4n) is 2.43. The Morgan fingerprint density at radius 2 is 1.59 bits per heavy atom. The summed E-state index contributed by atoms with van der Waals surface area (Å²) in [6.07, 6.45) is 4.24. The van der Waals surface area contributed by atoms with Gasteiger partial charge in [0.2, 0.25) is 0 Å². The van der Waals surface area contributed by atoms with Crippen molar-refractivity contribution >= 4 is 42.3 Å². The first-order chi connectivity index (χ1) is 9.84. The number of anilines is 1. The SMILES string of the molecule is CN1CCN=C(C=Cc2ccccc2)c2ccccc21.Cl.Cl. The van der Waals surface area contributed by atoms with Crippen molar-refractivity contribution in [3.05, 3.63) is 71.8 Å². The molecule has 0 spiro atoms. The Kier molecular flexibility index (Phi) is 7.16. The second-order valence-electron chi connectivity index (χ2n) is 4.95. The lowest BCUT2D eigenvalue weighted by atomic mass is 10.1. The van der Waals surface area contributed by atoms with Crippen LogP contribution in [0.5, 0.6) is 0 Å². The molecular weight excluding hydrogens is 315 g/mol. The Morgan fingerprint density at radius 1 is 0.909 bits per heavy atom. The van der Waals surface area contributed by atoms with E-state index < -0.39 is 0 Å². The number of fused-ring (bicyclic) bond motifs is 1. The zero-order chi connectivity index (χ0) is 13.8. The van der Waals surface area contributed by atoms with Crippen molar-refractivity contribution in [3.63, 3.8) is 0 Å². The molecule has 0 saturated heterocycles. The molecular formula is C18H20Cl2N2. The number of halogens is 2. The standard InChI is InChI=1S/C18H18N2.2ClH/c1-20-14-13-19-17(16-9-5-6-10-18(16)20)12-11-15-7-3-2-4-8-15;;/h2-12H,13-14H2,1H3;2*1H. The van der Waals surface area contributed by atoms with Crippen molar-refractivity contribution in [1.29, 1.82) is 0 Å². The van der Waals surface area contributed by atoms with Gasteiger partial charge in [-0.3, -0.25) is 4.99 Å². The molecule has 0 unspecified atom stereocenters. The van der Waals surface area contributed by atoms with E-state index in [2.05, 4.69) is 72.6 Å². The number of hydrogen-bond acceptors (Lipinski definition) is 2. The van der Waals surface area contributed by atoms with E-state index in [1.54, 1.807) is 0 Å². The first-order valence-electron chi connectivity index (χ1n) is 6.93. The molecule has 0 aromatic heterocycles. The number of rotatable bonds is 2. The maximum Gasteiger partial charge on any atom is 0.0668 e. The van der Waals surface area contributed by atoms with Gasteiger partial charge >= 0.3 is 0 Å². The zero-order valence-corrected chi connectivity index (χ0v) is 14.1. The topological polar surface area (TPSA) is 15.6 Å². The van der Waals surface area contributed by atoms with E-state index in [0.717, 1.165) is 18.8 Å². The molecule has 22 heavy (non-hydrogen) atoms. The van der Waals surface area contributed by atoms with Crippen molar-refractivity contribution in [1.82, 2.24) is 0 Å². The van der Waals surface area contributed by atoms with Gasteiger partial charge < -0.3 is 4.90 Å². The number of benzene rings is 2. The molecule has 0 N–H and O–H groups in total. The van der Waals surface area contributed by atoms with Crippen molar-refractivity contribution in [2.24, 2.45) is 4.99 Å². The molecule has 0 amide bonds. The van der Waals surface area contributed by atoms with Crippen LogP contribution in [-0.2, 0) is 0 Å². The van der Waals surface area contributed by atoms with E-state index in [9.17, 15) is 0 Å². The number of para-hydroxylation sites is 1. The largest absolute Gasteiger partial charge is 0.372 e. The van der Waals surface area contributed by atoms with Crippen LogP contribution in [0.2, 0.25) is 0 Å². The number of likely N-dealkylation sites (N-methyl/N-ethyl adjacent to an activating group) is 1. The Hall–Kier alpha value is -1.77. The number of allylic oxidation sites excluding steroid dienone is 1. The van der Waals surface area contributed by atoms with E-state index in [1.165, 1.54) is 16.8 Å². The van der Waals surface area contributed by atoms with E-state index in [1.807, 2.05) is 6.07 Å². The summed E-state index contributed by atoms with van der Waals surface area (Å²) < 4.78 is 0. The molecule has 0 fully saturated rings. The van der Waals surface area contributed by atoms with Crippen LogP contribution in [0.25, 0.3) is 6.08 Å². The molecule has 0 bridgehead atoms. The van der Waals surface area contributed by atoms with Gasteiger partial charge in [0.1, 0.15) is 0 Å². The lowest BCUT2D eigenvalue weighted by Crippen LogP contribution is -2.20. The van der Waals surface area contributed by atoms with Gasteiger partial charge in [-0.15, -0.1) is 24.8 Å². The normalized spacial score (nSPS) is 13.5. The summed E-state index contributed by atoms with van der Waals surface area (Å²) in [5.41, 5.74) is 4.72. The number of benzodiazepines with no additional fused rings is 1. The van der Waals surface area contributed by atoms with Crippen LogP contribution in [0.1, 0.15) is 11.1 Å². The first kappa shape index (κ1) is 18.3. The third kappa shape index (κ3) is 4.12. The molecule has 1 aliphatic rings. The third-order valence-electron chi connectivity index (χ3n) is 3.54. The molecule has 2 aromatic rings. The van der Waals surface area contributed by atoms with Crippen LogP contribution in [0, 0.1) is 0 Å². The lowest BCUT2D eigenvalue weighted by molar-refractivity contribution is 0.897. The minimum absolute atomic E-state index is 0. The summed E-state index contributed by atoms with van der Waals surface area (Å²) in [6.45, 7) is 1.79. The van der Waals surface area contributed by atoms with Gasteiger partial charge in [0, 0.05) is 24.8 Å². The van der Waals surface area contributed by atoms with Crippen molar-refractivity contribution in [2.45, 2.75) is 0 Å². The highest BCUT2D eigenvalue weighted by atomic mass is 35.5. The van der Waals surface area contributed by atoms with Gasteiger partial charge in [-0.05, 0) is 17.7 Å². The van der Waals surface area contributed by atoms with Gasteiger partial charge in [0.25, 0.3) is 0 Å². The average Bonchev–Trinajstić information content (AvgIpc) is 2.66. The molecule has 2 aromatic carbocycles. The van der Waals surface area contributed by atoms with Gasteiger partial charge in [0.05, 0.1) is 12.3 Å². The maximum absolute atomic E-state index is 4.72. The van der Waals surface area contributed by atoms with E-state index >= 15 is 0 Å². The summed E-state index contributed by atoms with van der Waals surface area (Å²) in [4.78, 5) is 6.98. The highest BCUT2D eigenvalue weighted by Gasteiger charge is 2.13. The van der Waals surface area contributed by atoms with Gasteiger partial charge in [-0.1, -0.05) is 54.6 Å². The smallest absolute Gasteiger partial charge is 0.0668 e. The molecule has 2 nitrogen and oxygen atoms in total. The van der Waals surface area contributed by atoms with Gasteiger partial charge in [-0.2, -0.15) is 0 Å². The molecule has 4 heteroatoms. The van der Waals surface area contributed by atoms with Gasteiger partial charge in [-0.25, -0.2) is 0 Å². The molecule has 0 aliphatic carbocycles. The van der Waals surface area contributed by atoms with Crippen LogP contribution >= 0.6 is 24.8 Å². The summed E-state index contributed by atoms with van der Waals surface area (Å²) in [6, 6.07) is 18.8. The monoisotopic (exact) mass is 334 g/mol. The quantitative estimate of drug-likeness (QED) is 0.790. The van der Waals surface area contributed by atoms with Crippen LogP contribution in [0.3, 0.4) is 0 Å². The molecule has 0 atom stereocenters. The summed E-state index contributed by atoms with van der Waals surface area (Å²) >= 11 is 0. The summed E-state index contributed by atoms with van der Waals surface area (Å²) in [7, 11) is 2.12. The first-order valence-corrected chi connectivity index (χ1v) is 6.93.